The second kappa shape index (κ2) is 8.08. The molecule has 2 N–H and O–H groups in total. The molecule has 0 saturated heterocycles. The van der Waals surface area contributed by atoms with E-state index in [4.69, 9.17) is 19.6 Å². The van der Waals surface area contributed by atoms with E-state index in [0.29, 0.717) is 0 Å². The highest BCUT2D eigenvalue weighted by Crippen LogP contribution is 2.34. The van der Waals surface area contributed by atoms with Gasteiger partial charge in [-0.25, -0.2) is 4.79 Å². The number of hydrogen-bond acceptors (Lipinski definition) is 8. The van der Waals surface area contributed by atoms with Crippen LogP contribution in [0.5, 0.6) is 11.5 Å². The number of thioether (sulfide) groups is 1. The van der Waals surface area contributed by atoms with Crippen LogP contribution in [-0.2, 0) is 11.3 Å². The number of methoxy groups -OCH3 is 2. The first kappa shape index (κ1) is 17.6. The lowest BCUT2D eigenvalue weighted by Gasteiger charge is -2.11. The molecule has 1 amide bonds. The Labute approximate surface area is 130 Å². The van der Waals surface area contributed by atoms with Crippen LogP contribution in [0.1, 0.15) is 5.56 Å². The summed E-state index contributed by atoms with van der Waals surface area (Å²) in [7, 11) is 2.75. The normalized spacial score (nSPS) is 9.77. The molecule has 0 atom stereocenters. The number of amides is 1. The number of ether oxygens (including phenoxy) is 3. The molecule has 0 bridgehead atoms. The Morgan fingerprint density at radius 2 is 1.95 bits per heavy atom. The van der Waals surface area contributed by atoms with Crippen molar-refractivity contribution in [2.45, 2.75) is 6.61 Å². The number of alkyl carbamates (subject to hydrolysis) is 1. The number of nitro groups is 1. The predicted octanol–water partition coefficient (Wildman–Crippen LogP) is 2.14. The van der Waals surface area contributed by atoms with Gasteiger partial charge in [0.1, 0.15) is 6.61 Å². The van der Waals surface area contributed by atoms with Gasteiger partial charge in [0.15, 0.2) is 16.7 Å². The summed E-state index contributed by atoms with van der Waals surface area (Å²) in [6.45, 7) is -0.343. The Bertz CT molecular complexity index is 592. The van der Waals surface area contributed by atoms with Crippen molar-refractivity contribution < 1.29 is 23.9 Å². The van der Waals surface area contributed by atoms with E-state index in [-0.39, 0.29) is 34.5 Å². The van der Waals surface area contributed by atoms with Crippen molar-refractivity contribution >= 4 is 28.7 Å². The lowest BCUT2D eigenvalue weighted by Crippen LogP contribution is -2.28. The van der Waals surface area contributed by atoms with E-state index in [1.54, 1.807) is 6.26 Å². The van der Waals surface area contributed by atoms with E-state index in [2.05, 4.69) is 5.32 Å². The minimum absolute atomic E-state index is 0.0909. The summed E-state index contributed by atoms with van der Waals surface area (Å²) in [5.74, 6) is 0.482. The van der Waals surface area contributed by atoms with Crippen LogP contribution in [0.25, 0.3) is 0 Å². The minimum Gasteiger partial charge on any atom is -0.493 e. The fourth-order valence-electron chi connectivity index (χ4n) is 1.52. The fraction of sp³-hybridized carbons (Fsp3) is 0.333. The fourth-order valence-corrected chi connectivity index (χ4v) is 1.70. The van der Waals surface area contributed by atoms with Gasteiger partial charge >= 0.3 is 6.09 Å². The van der Waals surface area contributed by atoms with E-state index < -0.39 is 11.0 Å². The summed E-state index contributed by atoms with van der Waals surface area (Å²) in [6, 6.07) is 2.56. The SMILES string of the molecule is COc1cc(COC(=O)NC(=N)SC)c([N+](=O)[O-])cc1OC. The Balaban J connectivity index is 2.95. The van der Waals surface area contributed by atoms with Crippen molar-refractivity contribution in [3.63, 3.8) is 0 Å². The maximum Gasteiger partial charge on any atom is 0.413 e. The Morgan fingerprint density at radius 3 is 2.45 bits per heavy atom. The molecular formula is C12H15N3O6S. The van der Waals surface area contributed by atoms with Gasteiger partial charge in [0.05, 0.1) is 30.8 Å². The van der Waals surface area contributed by atoms with Gasteiger partial charge in [-0.15, -0.1) is 0 Å². The molecule has 0 spiro atoms. The summed E-state index contributed by atoms with van der Waals surface area (Å²) in [5, 5.41) is 20.4. The summed E-state index contributed by atoms with van der Waals surface area (Å²) >= 11 is 1.02. The number of nitro benzene ring substituents is 1. The molecule has 0 unspecified atom stereocenters. The number of rotatable bonds is 5. The lowest BCUT2D eigenvalue weighted by atomic mass is 10.1. The zero-order valence-electron chi connectivity index (χ0n) is 12.2. The molecule has 0 aromatic heterocycles. The second-order valence-corrected chi connectivity index (χ2v) is 4.64. The molecule has 1 aromatic rings. The average Bonchev–Trinajstić information content (AvgIpc) is 2.51. The second-order valence-electron chi connectivity index (χ2n) is 3.83. The zero-order valence-corrected chi connectivity index (χ0v) is 13.0. The number of carbonyl (C=O) groups excluding carboxylic acids is 1. The predicted molar refractivity (Wildman–Crippen MR) is 80.8 cm³/mol. The molecule has 0 radical (unpaired) electrons. The third-order valence-corrected chi connectivity index (χ3v) is 3.07. The van der Waals surface area contributed by atoms with Crippen molar-refractivity contribution in [2.75, 3.05) is 20.5 Å². The van der Waals surface area contributed by atoms with Gasteiger partial charge in [-0.05, 0) is 12.3 Å². The van der Waals surface area contributed by atoms with Crippen LogP contribution >= 0.6 is 11.8 Å². The Kier molecular flexibility index (Phi) is 6.45. The van der Waals surface area contributed by atoms with Crippen LogP contribution in [0.2, 0.25) is 0 Å². The number of benzene rings is 1. The topological polar surface area (TPSA) is 124 Å². The summed E-state index contributed by atoms with van der Waals surface area (Å²) in [6.07, 6.45) is 0.741. The highest BCUT2D eigenvalue weighted by atomic mass is 32.2. The van der Waals surface area contributed by atoms with Crippen molar-refractivity contribution in [1.29, 1.82) is 5.41 Å². The van der Waals surface area contributed by atoms with Crippen molar-refractivity contribution in [3.8, 4) is 11.5 Å². The molecule has 0 fully saturated rings. The minimum atomic E-state index is -0.872. The standard InChI is InChI=1S/C12H15N3O6S/c1-19-9-4-7(6-21-12(16)14-11(13)22-3)8(15(17)18)5-10(9)20-2/h4-5H,6H2,1-3H3,(H2,13,14,16). The molecule has 10 heteroatoms. The van der Waals surface area contributed by atoms with Crippen LogP contribution in [0.3, 0.4) is 0 Å². The maximum absolute atomic E-state index is 11.4. The Morgan fingerprint density at radius 1 is 1.36 bits per heavy atom. The lowest BCUT2D eigenvalue weighted by molar-refractivity contribution is -0.385. The highest BCUT2D eigenvalue weighted by Gasteiger charge is 2.20. The molecular weight excluding hydrogens is 314 g/mol. The first-order chi connectivity index (χ1) is 10.4. The number of carbonyl (C=O) groups is 1. The van der Waals surface area contributed by atoms with Crippen LogP contribution in [-0.4, -0.2) is 36.7 Å². The monoisotopic (exact) mass is 329 g/mol. The summed E-state index contributed by atoms with van der Waals surface area (Å²) in [5.41, 5.74) is -0.112. The van der Waals surface area contributed by atoms with Gasteiger partial charge in [0, 0.05) is 0 Å². The van der Waals surface area contributed by atoms with Crippen molar-refractivity contribution in [2.24, 2.45) is 0 Å². The van der Waals surface area contributed by atoms with Gasteiger partial charge in [-0.3, -0.25) is 20.8 Å². The van der Waals surface area contributed by atoms with E-state index in [9.17, 15) is 14.9 Å². The van der Waals surface area contributed by atoms with E-state index in [1.165, 1.54) is 26.4 Å². The number of amidine groups is 1. The highest BCUT2D eigenvalue weighted by molar-refractivity contribution is 8.13. The summed E-state index contributed by atoms with van der Waals surface area (Å²) in [4.78, 5) is 21.9. The molecule has 0 heterocycles. The number of nitrogens with zero attached hydrogens (tertiary/aromatic N) is 1. The van der Waals surface area contributed by atoms with Crippen LogP contribution in [0.4, 0.5) is 10.5 Å². The van der Waals surface area contributed by atoms with Crippen LogP contribution in [0, 0.1) is 15.5 Å². The van der Waals surface area contributed by atoms with E-state index in [0.717, 1.165) is 11.8 Å². The first-order valence-corrected chi connectivity index (χ1v) is 7.11. The molecule has 22 heavy (non-hydrogen) atoms. The molecule has 0 aliphatic carbocycles. The molecule has 0 aliphatic rings. The summed E-state index contributed by atoms with van der Waals surface area (Å²) < 4.78 is 14.9. The van der Waals surface area contributed by atoms with Gasteiger partial charge in [0.2, 0.25) is 0 Å². The van der Waals surface area contributed by atoms with Crippen LogP contribution in [0.15, 0.2) is 12.1 Å². The van der Waals surface area contributed by atoms with Crippen molar-refractivity contribution in [3.05, 3.63) is 27.8 Å². The van der Waals surface area contributed by atoms with Crippen LogP contribution < -0.4 is 14.8 Å². The molecule has 120 valence electrons. The van der Waals surface area contributed by atoms with Gasteiger partial charge in [0.25, 0.3) is 5.69 Å². The van der Waals surface area contributed by atoms with Gasteiger partial charge in [-0.1, -0.05) is 11.8 Å². The molecule has 9 nitrogen and oxygen atoms in total. The largest absolute Gasteiger partial charge is 0.493 e. The Hall–Kier alpha value is -2.49. The molecule has 0 aliphatic heterocycles. The molecule has 1 rings (SSSR count). The quantitative estimate of drug-likeness (QED) is 0.367. The van der Waals surface area contributed by atoms with Crippen molar-refractivity contribution in [1.82, 2.24) is 5.32 Å². The third kappa shape index (κ3) is 4.52. The van der Waals surface area contributed by atoms with Gasteiger partial charge < -0.3 is 14.2 Å². The molecule has 0 saturated carbocycles. The molecule has 1 aromatic carbocycles. The average molecular weight is 329 g/mol. The zero-order chi connectivity index (χ0) is 16.7. The first-order valence-electron chi connectivity index (χ1n) is 5.88. The van der Waals surface area contributed by atoms with E-state index in [1.807, 2.05) is 0 Å². The third-order valence-electron chi connectivity index (χ3n) is 2.56. The van der Waals surface area contributed by atoms with E-state index >= 15 is 0 Å². The van der Waals surface area contributed by atoms with Gasteiger partial charge in [-0.2, -0.15) is 0 Å². The number of hydrogen-bond donors (Lipinski definition) is 2. The number of nitrogens with one attached hydrogen (secondary N) is 2. The smallest absolute Gasteiger partial charge is 0.413 e. The maximum atomic E-state index is 11.4.